The van der Waals surface area contributed by atoms with Gasteiger partial charge in [0.2, 0.25) is 0 Å². The molecular formula is C48H49ClN14O5. The Morgan fingerprint density at radius 2 is 1.28 bits per heavy atom. The fourth-order valence-electron chi connectivity index (χ4n) is 7.25. The van der Waals surface area contributed by atoms with Gasteiger partial charge in [0.1, 0.15) is 39.7 Å². The third-order valence-corrected chi connectivity index (χ3v) is 11.0. The molecule has 19 nitrogen and oxygen atoms in total. The Balaban J connectivity index is 0.000000138. The van der Waals surface area contributed by atoms with Crippen LogP contribution in [0, 0.1) is 17.2 Å². The zero-order valence-corrected chi connectivity index (χ0v) is 38.2. The number of aliphatic hydroxyl groups excluding tert-OH is 1. The summed E-state index contributed by atoms with van der Waals surface area (Å²) in [5.41, 5.74) is 4.70. The Hall–Kier alpha value is -7.92. The number of esters is 1. The number of anilines is 1. The third kappa shape index (κ3) is 12.5. The van der Waals surface area contributed by atoms with Gasteiger partial charge in [0, 0.05) is 85.1 Å². The topological polar surface area (TPSA) is 275 Å². The van der Waals surface area contributed by atoms with Crippen LogP contribution < -0.4 is 10.9 Å². The third-order valence-electron chi connectivity index (χ3n) is 10.7. The van der Waals surface area contributed by atoms with E-state index in [9.17, 15) is 14.7 Å². The molecule has 0 radical (unpaired) electrons. The van der Waals surface area contributed by atoms with Crippen molar-refractivity contribution in [3.8, 4) is 40.2 Å². The quantitative estimate of drug-likeness (QED) is 0.0563. The molecule has 1 saturated carbocycles. The number of aromatic amines is 4. The molecule has 0 aromatic carbocycles. The molecule has 9 aromatic heterocycles. The maximum Gasteiger partial charge on any atom is 0.323 e. The lowest BCUT2D eigenvalue weighted by Crippen LogP contribution is -2.28. The van der Waals surface area contributed by atoms with Gasteiger partial charge in [0.05, 0.1) is 41.5 Å². The molecule has 2 atom stereocenters. The van der Waals surface area contributed by atoms with Crippen LogP contribution in [0.4, 0.5) is 5.82 Å². The Labute approximate surface area is 394 Å². The number of aromatic nitrogens is 12. The van der Waals surface area contributed by atoms with Crippen molar-refractivity contribution >= 4 is 56.5 Å². The maximum atomic E-state index is 11.7. The van der Waals surface area contributed by atoms with Crippen molar-refractivity contribution in [1.29, 1.82) is 5.26 Å². The molecule has 1 fully saturated rings. The van der Waals surface area contributed by atoms with E-state index in [0.717, 1.165) is 70.3 Å². The summed E-state index contributed by atoms with van der Waals surface area (Å²) in [7, 11) is 1.28. The van der Waals surface area contributed by atoms with Gasteiger partial charge in [-0.3, -0.25) is 24.5 Å². The Bertz CT molecular complexity index is 3110. The first-order valence-electron chi connectivity index (χ1n) is 21.8. The molecule has 6 N–H and O–H groups in total. The van der Waals surface area contributed by atoms with Crippen molar-refractivity contribution in [2.75, 3.05) is 19.0 Å². The summed E-state index contributed by atoms with van der Waals surface area (Å²) in [5, 5.41) is 24.7. The molecule has 348 valence electrons. The number of pyridine rings is 3. The summed E-state index contributed by atoms with van der Waals surface area (Å²) < 4.78 is 9.68. The molecule has 0 saturated heterocycles. The summed E-state index contributed by atoms with van der Waals surface area (Å²) in [6.45, 7) is 4.29. The van der Waals surface area contributed by atoms with E-state index in [0.29, 0.717) is 52.7 Å². The highest BCUT2D eigenvalue weighted by molar-refractivity contribution is 6.34. The molecule has 1 aliphatic rings. The van der Waals surface area contributed by atoms with Crippen molar-refractivity contribution in [3.05, 3.63) is 126 Å². The summed E-state index contributed by atoms with van der Waals surface area (Å²) in [6, 6.07) is 18.9. The number of carbonyl (C=O) groups is 1. The van der Waals surface area contributed by atoms with Gasteiger partial charge in [0.25, 0.3) is 5.56 Å². The van der Waals surface area contributed by atoms with Crippen molar-refractivity contribution in [1.82, 2.24) is 59.8 Å². The standard InChI is InChI=1S/C17H19N5O.C11H7ClN4.C11H8N4O.C9H15NO3/c23-13-3-1-12(2-4-13)20-17-14-7-10-19-16(14)21-15(22-17)11-5-8-18-9-6-11;12-9-8-3-6-14-11(8)16-10(15-9)7-1-4-13-5-2-7;16-11-8-3-6-13-10(8)14-9(15-11)7-1-4-12-5-2-7;1-4-13-7(2)5-8(6-10)9(11)12-3/h5-10,12-13,23H,1-4H2,(H2,19,20,21,22);1-6H,(H,14,15,16);1-6H,(H2,13,14,15,16);7-8H,4-5H2,1-3H3. The van der Waals surface area contributed by atoms with E-state index < -0.39 is 11.9 Å². The summed E-state index contributed by atoms with van der Waals surface area (Å²) in [6.07, 6.45) is 19.3. The number of nitrogens with one attached hydrogen (secondary N) is 5. The first kappa shape index (κ1) is 48.0. The monoisotopic (exact) mass is 936 g/mol. The van der Waals surface area contributed by atoms with Crippen LogP contribution in [0.5, 0.6) is 0 Å². The number of nitriles is 1. The van der Waals surface area contributed by atoms with Crippen LogP contribution in [0.2, 0.25) is 5.15 Å². The number of rotatable bonds is 10. The van der Waals surface area contributed by atoms with Crippen LogP contribution >= 0.6 is 11.6 Å². The Kier molecular flexibility index (Phi) is 16.6. The normalized spacial score (nSPS) is 15.1. The average Bonchev–Trinajstić information content (AvgIpc) is 4.18. The summed E-state index contributed by atoms with van der Waals surface area (Å²) >= 11 is 6.07. The molecule has 0 spiro atoms. The van der Waals surface area contributed by atoms with E-state index in [1.54, 1.807) is 67.8 Å². The van der Waals surface area contributed by atoms with Crippen LogP contribution in [0.3, 0.4) is 0 Å². The fraction of sp³-hybridized carbons (Fsp3) is 0.271. The van der Waals surface area contributed by atoms with Gasteiger partial charge in [-0.1, -0.05) is 11.6 Å². The largest absolute Gasteiger partial charge is 0.468 e. The molecule has 9 heterocycles. The van der Waals surface area contributed by atoms with Crippen LogP contribution in [0.25, 0.3) is 67.3 Å². The average molecular weight is 937 g/mol. The minimum Gasteiger partial charge on any atom is -0.468 e. The van der Waals surface area contributed by atoms with Crippen LogP contribution in [-0.4, -0.2) is 103 Å². The molecule has 0 amide bonds. The minimum absolute atomic E-state index is 0.0891. The van der Waals surface area contributed by atoms with E-state index in [4.69, 9.17) is 26.6 Å². The number of fused-ring (bicyclic) bond motifs is 3. The van der Waals surface area contributed by atoms with Gasteiger partial charge in [0.15, 0.2) is 11.6 Å². The van der Waals surface area contributed by atoms with Crippen LogP contribution in [0.15, 0.2) is 115 Å². The second-order valence-electron chi connectivity index (χ2n) is 15.4. The second-order valence-corrected chi connectivity index (χ2v) is 15.8. The Morgan fingerprint density at radius 3 is 1.84 bits per heavy atom. The van der Waals surface area contributed by atoms with Gasteiger partial charge in [-0.05, 0) is 101 Å². The number of H-pyrrole nitrogens is 4. The molecule has 2 unspecified atom stereocenters. The Morgan fingerprint density at radius 1 is 0.765 bits per heavy atom. The number of aliphatic hydroxyl groups is 1. The molecule has 10 rings (SSSR count). The van der Waals surface area contributed by atoms with E-state index in [1.807, 2.05) is 62.5 Å². The van der Waals surface area contributed by atoms with Crippen molar-refractivity contribution < 1.29 is 19.4 Å². The van der Waals surface area contributed by atoms with Crippen molar-refractivity contribution in [3.63, 3.8) is 0 Å². The number of ether oxygens (including phenoxy) is 2. The number of nitrogens with zero attached hydrogens (tertiary/aromatic N) is 9. The highest BCUT2D eigenvalue weighted by atomic mass is 35.5. The number of methoxy groups -OCH3 is 1. The molecule has 0 bridgehead atoms. The predicted octanol–water partition coefficient (Wildman–Crippen LogP) is 7.84. The molecule has 68 heavy (non-hydrogen) atoms. The number of carbonyl (C=O) groups excluding carboxylic acids is 1. The number of halogens is 1. The molecule has 0 aliphatic heterocycles. The smallest absolute Gasteiger partial charge is 0.323 e. The number of hydrogen-bond acceptors (Lipinski definition) is 15. The highest BCUT2D eigenvalue weighted by Crippen LogP contribution is 2.28. The van der Waals surface area contributed by atoms with Crippen LogP contribution in [-0.2, 0) is 14.3 Å². The predicted molar refractivity (Wildman–Crippen MR) is 258 cm³/mol. The van der Waals surface area contributed by atoms with Crippen molar-refractivity contribution in [2.45, 2.75) is 64.2 Å². The van der Waals surface area contributed by atoms with Gasteiger partial charge < -0.3 is 39.8 Å². The van der Waals surface area contributed by atoms with E-state index >= 15 is 0 Å². The first-order valence-corrected chi connectivity index (χ1v) is 22.2. The zero-order valence-electron chi connectivity index (χ0n) is 37.4. The number of hydrogen-bond donors (Lipinski definition) is 6. The first-order chi connectivity index (χ1) is 33.1. The summed E-state index contributed by atoms with van der Waals surface area (Å²) in [5.74, 6) is 1.47. The lowest BCUT2D eigenvalue weighted by Gasteiger charge is -2.26. The fourth-order valence-corrected chi connectivity index (χ4v) is 7.49. The van der Waals surface area contributed by atoms with Gasteiger partial charge in [-0.25, -0.2) is 24.9 Å². The second kappa shape index (κ2) is 23.5. The van der Waals surface area contributed by atoms with Gasteiger partial charge >= 0.3 is 5.97 Å². The van der Waals surface area contributed by atoms with E-state index in [2.05, 4.69) is 64.9 Å². The van der Waals surface area contributed by atoms with Gasteiger partial charge in [-0.15, -0.1) is 0 Å². The maximum absolute atomic E-state index is 11.7. The lowest BCUT2D eigenvalue weighted by molar-refractivity contribution is -0.144. The minimum atomic E-state index is -0.716. The molecule has 20 heteroatoms. The van der Waals surface area contributed by atoms with Crippen molar-refractivity contribution in [2.24, 2.45) is 5.92 Å². The lowest BCUT2D eigenvalue weighted by atomic mass is 9.93. The van der Waals surface area contributed by atoms with E-state index in [-0.39, 0.29) is 17.8 Å². The highest BCUT2D eigenvalue weighted by Gasteiger charge is 2.22. The van der Waals surface area contributed by atoms with Crippen LogP contribution in [0.1, 0.15) is 46.0 Å². The summed E-state index contributed by atoms with van der Waals surface area (Å²) in [4.78, 5) is 68.7. The molecule has 9 aromatic rings. The molecule has 1 aliphatic carbocycles. The SMILES string of the molecule is CCOC(C)CC(C#N)C(=O)OC.Clc1nc(-c2ccncc2)nc2[nH]ccc12.O=c1[nH]c(-c2ccncc2)nc2[nH]ccc12.OC1CCC(Nc2nc(-c3ccncc3)nc3[nH]ccc23)CC1. The van der Waals surface area contributed by atoms with E-state index in [1.165, 1.54) is 7.11 Å². The van der Waals surface area contributed by atoms with Gasteiger partial charge in [-0.2, -0.15) is 5.26 Å². The zero-order chi connectivity index (χ0) is 47.8. The molecular weight excluding hydrogens is 888 g/mol.